The van der Waals surface area contributed by atoms with Gasteiger partial charge in [0.1, 0.15) is 34.5 Å². The van der Waals surface area contributed by atoms with Crippen LogP contribution in [-0.4, -0.2) is 14.2 Å². The molecule has 0 spiro atoms. The molecule has 0 N–H and O–H groups in total. The fourth-order valence-electron chi connectivity index (χ4n) is 2.65. The molecule has 0 fully saturated rings. The van der Waals surface area contributed by atoms with Crippen LogP contribution in [0.15, 0.2) is 60.7 Å². The number of benzene rings is 3. The quantitative estimate of drug-likeness (QED) is 0.554. The highest BCUT2D eigenvalue weighted by molar-refractivity contribution is 5.44. The molecule has 4 nitrogen and oxygen atoms in total. The highest BCUT2D eigenvalue weighted by Crippen LogP contribution is 2.32. The Morgan fingerprint density at radius 3 is 1.31 bits per heavy atom. The van der Waals surface area contributed by atoms with Crippen molar-refractivity contribution in [3.63, 3.8) is 0 Å². The van der Waals surface area contributed by atoms with E-state index in [2.05, 4.69) is 0 Å². The largest absolute Gasteiger partial charge is 0.497 e. The molecule has 0 atom stereocenters. The molecule has 3 aromatic carbocycles. The standard InChI is InChI=1S/C22H22O4/c1-15-8-19(23-3)13-21(10-15)25-17-6-5-7-18(12-17)26-22-11-16(2)9-20(14-22)24-4/h5-14H,1-4H3. The van der Waals surface area contributed by atoms with Crippen LogP contribution in [0.4, 0.5) is 0 Å². The molecule has 0 saturated carbocycles. The molecule has 3 aromatic rings. The number of hydrogen-bond donors (Lipinski definition) is 0. The van der Waals surface area contributed by atoms with E-state index in [9.17, 15) is 0 Å². The van der Waals surface area contributed by atoms with Crippen molar-refractivity contribution in [2.24, 2.45) is 0 Å². The van der Waals surface area contributed by atoms with Gasteiger partial charge >= 0.3 is 0 Å². The van der Waals surface area contributed by atoms with E-state index in [4.69, 9.17) is 18.9 Å². The van der Waals surface area contributed by atoms with Gasteiger partial charge in [-0.25, -0.2) is 0 Å². The third-order valence-corrected chi connectivity index (χ3v) is 3.80. The van der Waals surface area contributed by atoms with Gasteiger partial charge in [0, 0.05) is 18.2 Å². The first-order chi connectivity index (χ1) is 12.6. The summed E-state index contributed by atoms with van der Waals surface area (Å²) in [5.41, 5.74) is 2.14. The molecule has 0 bridgehead atoms. The Balaban J connectivity index is 1.80. The first kappa shape index (κ1) is 17.7. The van der Waals surface area contributed by atoms with Crippen LogP contribution in [0.3, 0.4) is 0 Å². The molecule has 0 unspecified atom stereocenters. The van der Waals surface area contributed by atoms with Crippen molar-refractivity contribution in [3.8, 4) is 34.5 Å². The first-order valence-electron chi connectivity index (χ1n) is 8.33. The lowest BCUT2D eigenvalue weighted by Gasteiger charge is -2.12. The minimum Gasteiger partial charge on any atom is -0.497 e. The molecule has 0 aliphatic carbocycles. The lowest BCUT2D eigenvalue weighted by Crippen LogP contribution is -1.91. The number of methoxy groups -OCH3 is 2. The van der Waals surface area contributed by atoms with E-state index in [0.717, 1.165) is 34.1 Å². The summed E-state index contributed by atoms with van der Waals surface area (Å²) in [6.45, 7) is 4.00. The smallest absolute Gasteiger partial charge is 0.131 e. The van der Waals surface area contributed by atoms with Gasteiger partial charge in [-0.2, -0.15) is 0 Å². The summed E-state index contributed by atoms with van der Waals surface area (Å²) in [6, 6.07) is 19.1. The van der Waals surface area contributed by atoms with Crippen molar-refractivity contribution in [2.45, 2.75) is 13.8 Å². The van der Waals surface area contributed by atoms with Gasteiger partial charge in [0.25, 0.3) is 0 Å². The number of aryl methyl sites for hydroxylation is 2. The fraction of sp³-hybridized carbons (Fsp3) is 0.182. The zero-order valence-electron chi connectivity index (χ0n) is 15.4. The Hall–Kier alpha value is -3.14. The van der Waals surface area contributed by atoms with Crippen LogP contribution in [0.1, 0.15) is 11.1 Å². The van der Waals surface area contributed by atoms with Crippen LogP contribution in [0.5, 0.6) is 34.5 Å². The Morgan fingerprint density at radius 1 is 0.500 bits per heavy atom. The average Bonchev–Trinajstić information content (AvgIpc) is 2.61. The average molecular weight is 350 g/mol. The second kappa shape index (κ2) is 7.83. The molecule has 0 aliphatic rings. The second-order valence-corrected chi connectivity index (χ2v) is 6.05. The van der Waals surface area contributed by atoms with E-state index < -0.39 is 0 Å². The molecule has 4 heteroatoms. The molecular weight excluding hydrogens is 328 g/mol. The Labute approximate surface area is 153 Å². The summed E-state index contributed by atoms with van der Waals surface area (Å²) in [5.74, 6) is 4.34. The Morgan fingerprint density at radius 2 is 0.885 bits per heavy atom. The van der Waals surface area contributed by atoms with Crippen LogP contribution < -0.4 is 18.9 Å². The first-order valence-corrected chi connectivity index (χ1v) is 8.33. The maximum atomic E-state index is 5.96. The van der Waals surface area contributed by atoms with Gasteiger partial charge in [0.2, 0.25) is 0 Å². The Kier molecular flexibility index (Phi) is 5.32. The van der Waals surface area contributed by atoms with Crippen LogP contribution in [0, 0.1) is 13.8 Å². The molecule has 0 aromatic heterocycles. The Bertz CT molecular complexity index is 832. The van der Waals surface area contributed by atoms with E-state index in [1.807, 2.05) is 74.5 Å². The van der Waals surface area contributed by atoms with Gasteiger partial charge in [0.05, 0.1) is 14.2 Å². The SMILES string of the molecule is COc1cc(C)cc(Oc2cccc(Oc3cc(C)cc(OC)c3)c2)c1. The number of ether oxygens (including phenoxy) is 4. The minimum atomic E-state index is 0.690. The predicted octanol–water partition coefficient (Wildman–Crippen LogP) is 5.91. The fourth-order valence-corrected chi connectivity index (χ4v) is 2.65. The van der Waals surface area contributed by atoms with E-state index in [-0.39, 0.29) is 0 Å². The monoisotopic (exact) mass is 350 g/mol. The van der Waals surface area contributed by atoms with Gasteiger partial charge in [-0.1, -0.05) is 6.07 Å². The van der Waals surface area contributed by atoms with E-state index in [0.29, 0.717) is 11.5 Å². The maximum absolute atomic E-state index is 5.96. The lowest BCUT2D eigenvalue weighted by molar-refractivity contribution is 0.406. The lowest BCUT2D eigenvalue weighted by atomic mass is 10.2. The summed E-state index contributed by atoms with van der Waals surface area (Å²) in [5, 5.41) is 0. The zero-order chi connectivity index (χ0) is 18.5. The third kappa shape index (κ3) is 4.48. The van der Waals surface area contributed by atoms with Crippen molar-refractivity contribution >= 4 is 0 Å². The number of hydrogen-bond acceptors (Lipinski definition) is 4. The summed E-state index contributed by atoms with van der Waals surface area (Å²) >= 11 is 0. The molecule has 26 heavy (non-hydrogen) atoms. The van der Waals surface area contributed by atoms with Crippen LogP contribution in [-0.2, 0) is 0 Å². The van der Waals surface area contributed by atoms with E-state index >= 15 is 0 Å². The van der Waals surface area contributed by atoms with Gasteiger partial charge < -0.3 is 18.9 Å². The molecule has 134 valence electrons. The molecule has 0 saturated heterocycles. The molecule has 0 aliphatic heterocycles. The molecular formula is C22H22O4. The molecule has 0 radical (unpaired) electrons. The molecule has 3 rings (SSSR count). The summed E-state index contributed by atoms with van der Waals surface area (Å²) in [4.78, 5) is 0. The normalized spacial score (nSPS) is 10.3. The van der Waals surface area contributed by atoms with Crippen molar-refractivity contribution in [1.82, 2.24) is 0 Å². The van der Waals surface area contributed by atoms with Crippen LogP contribution in [0.2, 0.25) is 0 Å². The van der Waals surface area contributed by atoms with Crippen molar-refractivity contribution < 1.29 is 18.9 Å². The van der Waals surface area contributed by atoms with Gasteiger partial charge in [0.15, 0.2) is 0 Å². The van der Waals surface area contributed by atoms with Crippen LogP contribution >= 0.6 is 0 Å². The van der Waals surface area contributed by atoms with Crippen molar-refractivity contribution in [3.05, 3.63) is 71.8 Å². The highest BCUT2D eigenvalue weighted by atomic mass is 16.5. The second-order valence-electron chi connectivity index (χ2n) is 6.05. The topological polar surface area (TPSA) is 36.9 Å². The molecule has 0 heterocycles. The van der Waals surface area contributed by atoms with Crippen molar-refractivity contribution in [2.75, 3.05) is 14.2 Å². The van der Waals surface area contributed by atoms with E-state index in [1.165, 1.54) is 0 Å². The summed E-state index contributed by atoms with van der Waals surface area (Å²) in [6.07, 6.45) is 0. The van der Waals surface area contributed by atoms with Crippen LogP contribution in [0.25, 0.3) is 0 Å². The van der Waals surface area contributed by atoms with Crippen molar-refractivity contribution in [1.29, 1.82) is 0 Å². The minimum absolute atomic E-state index is 0.690. The third-order valence-electron chi connectivity index (χ3n) is 3.80. The van der Waals surface area contributed by atoms with Gasteiger partial charge in [-0.15, -0.1) is 0 Å². The van der Waals surface area contributed by atoms with E-state index in [1.54, 1.807) is 14.2 Å². The highest BCUT2D eigenvalue weighted by Gasteiger charge is 2.05. The number of rotatable bonds is 6. The maximum Gasteiger partial charge on any atom is 0.131 e. The molecule has 0 amide bonds. The predicted molar refractivity (Wildman–Crippen MR) is 102 cm³/mol. The summed E-state index contributed by atoms with van der Waals surface area (Å²) < 4.78 is 22.5. The van der Waals surface area contributed by atoms with Gasteiger partial charge in [-0.3, -0.25) is 0 Å². The zero-order valence-corrected chi connectivity index (χ0v) is 15.4. The summed E-state index contributed by atoms with van der Waals surface area (Å²) in [7, 11) is 3.28. The van der Waals surface area contributed by atoms with Gasteiger partial charge in [-0.05, 0) is 61.4 Å².